The van der Waals surface area contributed by atoms with Crippen molar-refractivity contribution < 1.29 is 25.2 Å². The number of nitrogens with one attached hydrogen (secondary N) is 2. The Morgan fingerprint density at radius 1 is 1.25 bits per heavy atom. The van der Waals surface area contributed by atoms with Crippen LogP contribution in [0.15, 0.2) is 21.1 Å². The van der Waals surface area contributed by atoms with Crippen LogP contribution in [-0.4, -0.2) is 61.2 Å². The first kappa shape index (κ1) is 19.3. The molecular formula is C14H17Br2N3O5. The summed E-state index contributed by atoms with van der Waals surface area (Å²) in [6.07, 6.45) is -4.80. The van der Waals surface area contributed by atoms with E-state index in [9.17, 15) is 20.1 Å². The van der Waals surface area contributed by atoms with Crippen LogP contribution in [0.1, 0.15) is 18.8 Å². The number of amides is 1. The lowest BCUT2D eigenvalue weighted by Crippen LogP contribution is -2.47. The molecule has 2 rings (SSSR count). The maximum Gasteiger partial charge on any atom is 0.217 e. The fourth-order valence-corrected chi connectivity index (χ4v) is 2.91. The number of aliphatic hydroxyl groups is 4. The molecule has 2 aromatic rings. The van der Waals surface area contributed by atoms with Crippen LogP contribution in [0.2, 0.25) is 0 Å². The number of aliphatic hydroxyl groups excluding tert-OH is 4. The van der Waals surface area contributed by atoms with E-state index < -0.39 is 36.9 Å². The number of imidazole rings is 1. The standard InChI is InChI=1S/C14H17Br2N3O5/c1-5(21)17-11(13(24)12(23)10(22)4-20)14-18-8-2-6(15)7(16)3-9(8)19-14/h2-3,10-13,20,22-24H,4H2,1H3,(H,17,21)(H,18,19)/t10?,11-,12+,13?/m0/s1. The lowest BCUT2D eigenvalue weighted by molar-refractivity contribution is -0.123. The van der Waals surface area contributed by atoms with Crippen molar-refractivity contribution in [2.75, 3.05) is 6.61 Å². The van der Waals surface area contributed by atoms with Crippen LogP contribution in [0, 0.1) is 0 Å². The maximum atomic E-state index is 11.4. The number of hydrogen-bond acceptors (Lipinski definition) is 6. The molecule has 2 unspecified atom stereocenters. The van der Waals surface area contributed by atoms with Gasteiger partial charge in [0.2, 0.25) is 5.91 Å². The highest BCUT2D eigenvalue weighted by atomic mass is 79.9. The smallest absolute Gasteiger partial charge is 0.217 e. The van der Waals surface area contributed by atoms with E-state index >= 15 is 0 Å². The SMILES string of the molecule is CC(=O)N[C@H](c1nc2cc(Br)c(Br)cc2[nH]1)C(O)[C@H](O)C(O)CO. The van der Waals surface area contributed by atoms with Gasteiger partial charge in [-0.2, -0.15) is 0 Å². The van der Waals surface area contributed by atoms with Gasteiger partial charge in [0, 0.05) is 15.9 Å². The van der Waals surface area contributed by atoms with E-state index in [-0.39, 0.29) is 5.82 Å². The third-order valence-electron chi connectivity index (χ3n) is 3.47. The van der Waals surface area contributed by atoms with E-state index in [0.29, 0.717) is 11.0 Å². The summed E-state index contributed by atoms with van der Waals surface area (Å²) in [6.45, 7) is 0.523. The summed E-state index contributed by atoms with van der Waals surface area (Å²) in [7, 11) is 0. The number of fused-ring (bicyclic) bond motifs is 1. The molecule has 1 amide bonds. The molecule has 0 saturated heterocycles. The number of nitrogens with zero attached hydrogens (tertiary/aromatic N) is 1. The number of benzene rings is 1. The molecule has 0 aliphatic heterocycles. The fraction of sp³-hybridized carbons (Fsp3) is 0.429. The number of hydrogen-bond donors (Lipinski definition) is 6. The van der Waals surface area contributed by atoms with Crippen molar-refractivity contribution in [3.8, 4) is 0 Å². The summed E-state index contributed by atoms with van der Waals surface area (Å²) in [5.41, 5.74) is 1.24. The molecule has 1 aromatic heterocycles. The van der Waals surface area contributed by atoms with Crippen molar-refractivity contribution in [2.45, 2.75) is 31.3 Å². The molecule has 4 atom stereocenters. The van der Waals surface area contributed by atoms with E-state index in [4.69, 9.17) is 5.11 Å². The Bertz CT molecular complexity index is 700. The summed E-state index contributed by atoms with van der Waals surface area (Å²) >= 11 is 6.73. The Balaban J connectivity index is 2.42. The van der Waals surface area contributed by atoms with Crippen molar-refractivity contribution in [3.63, 3.8) is 0 Å². The average molecular weight is 467 g/mol. The zero-order chi connectivity index (χ0) is 18.0. The summed E-state index contributed by atoms with van der Waals surface area (Å²) in [5, 5.41) is 41.2. The number of halogens is 2. The van der Waals surface area contributed by atoms with Crippen LogP contribution in [-0.2, 0) is 4.79 Å². The van der Waals surface area contributed by atoms with Gasteiger partial charge in [-0.05, 0) is 44.0 Å². The number of H-pyrrole nitrogens is 1. The van der Waals surface area contributed by atoms with E-state index in [2.05, 4.69) is 47.1 Å². The molecule has 1 heterocycles. The van der Waals surface area contributed by atoms with E-state index in [0.717, 1.165) is 8.95 Å². The second-order valence-corrected chi connectivity index (χ2v) is 7.02. The highest BCUT2D eigenvalue weighted by Crippen LogP contribution is 2.29. The third kappa shape index (κ3) is 4.13. The minimum atomic E-state index is -1.67. The third-order valence-corrected chi connectivity index (χ3v) is 5.31. The Kier molecular flexibility index (Phi) is 6.34. The second-order valence-electron chi connectivity index (χ2n) is 5.31. The van der Waals surface area contributed by atoms with Gasteiger partial charge >= 0.3 is 0 Å². The zero-order valence-corrected chi connectivity index (χ0v) is 15.7. The molecule has 0 spiro atoms. The second kappa shape index (κ2) is 7.89. The number of carbonyl (C=O) groups is 1. The molecule has 0 bridgehead atoms. The first-order chi connectivity index (χ1) is 11.2. The minimum Gasteiger partial charge on any atom is -0.394 e. The average Bonchev–Trinajstić information content (AvgIpc) is 2.93. The molecule has 10 heteroatoms. The van der Waals surface area contributed by atoms with Gasteiger partial charge in [-0.15, -0.1) is 0 Å². The Morgan fingerprint density at radius 3 is 2.46 bits per heavy atom. The number of aromatic amines is 1. The molecule has 24 heavy (non-hydrogen) atoms. The van der Waals surface area contributed by atoms with Crippen LogP contribution < -0.4 is 5.32 Å². The summed E-state index contributed by atoms with van der Waals surface area (Å²) < 4.78 is 1.57. The van der Waals surface area contributed by atoms with Gasteiger partial charge in [-0.1, -0.05) is 0 Å². The first-order valence-corrected chi connectivity index (χ1v) is 8.60. The largest absolute Gasteiger partial charge is 0.394 e. The monoisotopic (exact) mass is 465 g/mol. The van der Waals surface area contributed by atoms with Gasteiger partial charge < -0.3 is 30.7 Å². The van der Waals surface area contributed by atoms with Crippen LogP contribution in [0.4, 0.5) is 0 Å². The highest BCUT2D eigenvalue weighted by Gasteiger charge is 2.34. The highest BCUT2D eigenvalue weighted by molar-refractivity contribution is 9.13. The van der Waals surface area contributed by atoms with Crippen LogP contribution in [0.5, 0.6) is 0 Å². The van der Waals surface area contributed by atoms with Gasteiger partial charge in [-0.25, -0.2) is 4.98 Å². The Labute approximate surface area is 154 Å². The molecule has 8 nitrogen and oxygen atoms in total. The van der Waals surface area contributed by atoms with Crippen LogP contribution >= 0.6 is 31.9 Å². The molecule has 0 aliphatic carbocycles. The van der Waals surface area contributed by atoms with Gasteiger partial charge in [0.05, 0.1) is 17.6 Å². The molecule has 0 fully saturated rings. The lowest BCUT2D eigenvalue weighted by atomic mass is 10.0. The molecule has 0 saturated carbocycles. The minimum absolute atomic E-state index is 0.210. The Morgan fingerprint density at radius 2 is 1.88 bits per heavy atom. The molecule has 1 aromatic carbocycles. The predicted molar refractivity (Wildman–Crippen MR) is 93.2 cm³/mol. The van der Waals surface area contributed by atoms with E-state index in [1.54, 1.807) is 12.1 Å². The summed E-state index contributed by atoms with van der Waals surface area (Å²) in [4.78, 5) is 18.7. The number of rotatable bonds is 6. The van der Waals surface area contributed by atoms with Gasteiger partial charge in [0.25, 0.3) is 0 Å². The Hall–Kier alpha value is -1.04. The van der Waals surface area contributed by atoms with E-state index in [1.165, 1.54) is 6.92 Å². The van der Waals surface area contributed by atoms with Crippen molar-refractivity contribution in [1.82, 2.24) is 15.3 Å². The van der Waals surface area contributed by atoms with Gasteiger partial charge in [0.1, 0.15) is 30.2 Å². The zero-order valence-electron chi connectivity index (χ0n) is 12.6. The van der Waals surface area contributed by atoms with Crippen molar-refractivity contribution in [2.24, 2.45) is 0 Å². The summed E-state index contributed by atoms with van der Waals surface area (Å²) in [6, 6.07) is 2.42. The fourth-order valence-electron chi connectivity index (χ4n) is 2.24. The van der Waals surface area contributed by atoms with Crippen molar-refractivity contribution >= 4 is 48.8 Å². The van der Waals surface area contributed by atoms with Crippen molar-refractivity contribution in [3.05, 3.63) is 26.9 Å². The van der Waals surface area contributed by atoms with E-state index in [1.807, 2.05) is 0 Å². The summed E-state index contributed by atoms with van der Waals surface area (Å²) in [5.74, 6) is -0.241. The van der Waals surface area contributed by atoms with Crippen LogP contribution in [0.3, 0.4) is 0 Å². The molecular weight excluding hydrogens is 450 g/mol. The first-order valence-electron chi connectivity index (χ1n) is 7.01. The van der Waals surface area contributed by atoms with Crippen molar-refractivity contribution in [1.29, 1.82) is 0 Å². The molecule has 6 N–H and O–H groups in total. The quantitative estimate of drug-likeness (QED) is 0.363. The predicted octanol–water partition coefficient (Wildman–Crippen LogP) is 0.340. The maximum absolute atomic E-state index is 11.4. The van der Waals surface area contributed by atoms with Gasteiger partial charge in [-0.3, -0.25) is 4.79 Å². The normalized spacial score (nSPS) is 16.6. The molecule has 0 radical (unpaired) electrons. The lowest BCUT2D eigenvalue weighted by Gasteiger charge is -2.28. The number of carbonyl (C=O) groups excluding carboxylic acids is 1. The molecule has 132 valence electrons. The van der Waals surface area contributed by atoms with Gasteiger partial charge in [0.15, 0.2) is 0 Å². The number of aromatic nitrogens is 2. The molecule has 0 aliphatic rings. The topological polar surface area (TPSA) is 139 Å². The van der Waals surface area contributed by atoms with Crippen LogP contribution in [0.25, 0.3) is 11.0 Å².